The highest BCUT2D eigenvalue weighted by Crippen LogP contribution is 2.33. The maximum absolute atomic E-state index is 13.7. The summed E-state index contributed by atoms with van der Waals surface area (Å²) >= 11 is 0. The average Bonchev–Trinajstić information content (AvgIpc) is 3.52. The average molecular weight is 410 g/mol. The second-order valence-electron chi connectivity index (χ2n) is 7.44. The van der Waals surface area contributed by atoms with Crippen molar-refractivity contribution < 1.29 is 23.1 Å². The molecular weight excluding hydrogens is 382 g/mol. The zero-order chi connectivity index (χ0) is 21.0. The van der Waals surface area contributed by atoms with E-state index in [1.165, 1.54) is 23.1 Å². The van der Waals surface area contributed by atoms with Gasteiger partial charge in [-0.3, -0.25) is 14.5 Å². The van der Waals surface area contributed by atoms with E-state index < -0.39 is 12.5 Å². The van der Waals surface area contributed by atoms with E-state index >= 15 is 0 Å². The molecule has 9 heteroatoms. The Hall–Kier alpha value is -2.10. The van der Waals surface area contributed by atoms with Crippen LogP contribution in [0, 0.1) is 5.92 Å². The SMILES string of the molecule is CCN(CC1CC1)[C@H](CN)C(=O)Nc1ccc(N2CCOCC2=O)c(C(F)F)c1. The molecule has 3 rings (SSSR count). The molecule has 29 heavy (non-hydrogen) atoms. The van der Waals surface area contributed by atoms with Crippen molar-refractivity contribution in [2.75, 3.05) is 49.6 Å². The van der Waals surface area contributed by atoms with Gasteiger partial charge in [0.25, 0.3) is 12.3 Å². The van der Waals surface area contributed by atoms with Gasteiger partial charge in [0.15, 0.2) is 0 Å². The van der Waals surface area contributed by atoms with Crippen LogP contribution in [-0.2, 0) is 14.3 Å². The number of anilines is 2. The zero-order valence-electron chi connectivity index (χ0n) is 16.6. The topological polar surface area (TPSA) is 87.9 Å². The third kappa shape index (κ3) is 5.29. The highest BCUT2D eigenvalue weighted by Gasteiger charge is 2.31. The maximum atomic E-state index is 13.7. The summed E-state index contributed by atoms with van der Waals surface area (Å²) in [6, 6.07) is 3.69. The molecule has 2 fully saturated rings. The van der Waals surface area contributed by atoms with Gasteiger partial charge in [-0.2, -0.15) is 0 Å². The number of carbonyl (C=O) groups is 2. The van der Waals surface area contributed by atoms with E-state index in [2.05, 4.69) is 5.32 Å². The van der Waals surface area contributed by atoms with E-state index in [4.69, 9.17) is 10.5 Å². The van der Waals surface area contributed by atoms with Crippen molar-refractivity contribution in [2.24, 2.45) is 11.7 Å². The van der Waals surface area contributed by atoms with Gasteiger partial charge in [-0.15, -0.1) is 0 Å². The summed E-state index contributed by atoms with van der Waals surface area (Å²) in [6.07, 6.45) is -0.464. The molecule has 1 atom stereocenters. The molecule has 1 heterocycles. The summed E-state index contributed by atoms with van der Waals surface area (Å²) in [5.74, 6) is -0.0743. The fraction of sp³-hybridized carbons (Fsp3) is 0.600. The predicted octanol–water partition coefficient (Wildman–Crippen LogP) is 1.99. The van der Waals surface area contributed by atoms with E-state index in [-0.39, 0.29) is 48.4 Å². The number of hydrogen-bond donors (Lipinski definition) is 2. The molecule has 1 saturated heterocycles. The maximum Gasteiger partial charge on any atom is 0.265 e. The first-order valence-corrected chi connectivity index (χ1v) is 9.99. The van der Waals surface area contributed by atoms with E-state index in [1.54, 1.807) is 0 Å². The van der Waals surface area contributed by atoms with E-state index in [1.807, 2.05) is 11.8 Å². The lowest BCUT2D eigenvalue weighted by Gasteiger charge is -2.30. The number of nitrogens with zero attached hydrogens (tertiary/aromatic N) is 2. The van der Waals surface area contributed by atoms with Crippen LogP contribution in [0.1, 0.15) is 31.8 Å². The Kier molecular flexibility index (Phi) is 7.15. The van der Waals surface area contributed by atoms with Crippen LogP contribution in [-0.4, -0.2) is 62.1 Å². The second-order valence-corrected chi connectivity index (χ2v) is 7.44. The number of amides is 2. The number of ether oxygens (including phenoxy) is 1. The lowest BCUT2D eigenvalue weighted by molar-refractivity contribution is -0.125. The molecule has 3 N–H and O–H groups in total. The van der Waals surface area contributed by atoms with Gasteiger partial charge in [0.2, 0.25) is 5.91 Å². The lowest BCUT2D eigenvalue weighted by Crippen LogP contribution is -2.49. The lowest BCUT2D eigenvalue weighted by atomic mass is 10.1. The van der Waals surface area contributed by atoms with Crippen LogP contribution in [0.5, 0.6) is 0 Å². The van der Waals surface area contributed by atoms with Crippen LogP contribution >= 0.6 is 0 Å². The molecule has 0 bridgehead atoms. The molecule has 0 radical (unpaired) electrons. The molecule has 7 nitrogen and oxygen atoms in total. The van der Waals surface area contributed by atoms with Crippen molar-refractivity contribution >= 4 is 23.2 Å². The van der Waals surface area contributed by atoms with Gasteiger partial charge in [-0.25, -0.2) is 8.78 Å². The first-order valence-electron chi connectivity index (χ1n) is 9.99. The molecule has 1 aromatic carbocycles. The molecular formula is C20H28F2N4O3. The van der Waals surface area contributed by atoms with Crippen molar-refractivity contribution in [3.05, 3.63) is 23.8 Å². The normalized spacial score (nSPS) is 18.4. The van der Waals surface area contributed by atoms with Gasteiger partial charge in [-0.05, 0) is 43.5 Å². The van der Waals surface area contributed by atoms with E-state index in [9.17, 15) is 18.4 Å². The standard InChI is InChI=1S/C20H28F2N4O3/c1-2-25(11-13-3-4-13)17(10-23)20(28)24-14-5-6-16(15(9-14)19(21)22)26-7-8-29-12-18(26)27/h5-6,9,13,17,19H,2-4,7-8,10-12,23H2,1H3,(H,24,28)/t17-/m1/s1. The van der Waals surface area contributed by atoms with Crippen LogP contribution in [0.3, 0.4) is 0 Å². The zero-order valence-corrected chi connectivity index (χ0v) is 16.6. The summed E-state index contributed by atoms with van der Waals surface area (Å²) in [5, 5.41) is 2.72. The van der Waals surface area contributed by atoms with Crippen molar-refractivity contribution in [1.82, 2.24) is 4.90 Å². The number of carbonyl (C=O) groups excluding carboxylic acids is 2. The summed E-state index contributed by atoms with van der Waals surface area (Å²) in [6.45, 7) is 3.99. The van der Waals surface area contributed by atoms with Crippen LogP contribution in [0.25, 0.3) is 0 Å². The van der Waals surface area contributed by atoms with Crippen molar-refractivity contribution in [2.45, 2.75) is 32.2 Å². The molecule has 0 unspecified atom stereocenters. The number of rotatable bonds is 9. The molecule has 0 aromatic heterocycles. The third-order valence-electron chi connectivity index (χ3n) is 5.37. The largest absolute Gasteiger partial charge is 0.370 e. The van der Waals surface area contributed by atoms with Crippen molar-refractivity contribution in [3.8, 4) is 0 Å². The van der Waals surface area contributed by atoms with Gasteiger partial charge in [-0.1, -0.05) is 6.92 Å². The fourth-order valence-corrected chi connectivity index (χ4v) is 3.58. The number of halogens is 2. The number of nitrogens with one attached hydrogen (secondary N) is 1. The highest BCUT2D eigenvalue weighted by atomic mass is 19.3. The highest BCUT2D eigenvalue weighted by molar-refractivity contribution is 5.97. The van der Waals surface area contributed by atoms with Crippen molar-refractivity contribution in [3.63, 3.8) is 0 Å². The molecule has 1 aliphatic carbocycles. The van der Waals surface area contributed by atoms with E-state index in [0.717, 1.165) is 19.4 Å². The fourth-order valence-electron chi connectivity index (χ4n) is 3.58. The quantitative estimate of drug-likeness (QED) is 0.650. The minimum Gasteiger partial charge on any atom is -0.370 e. The summed E-state index contributed by atoms with van der Waals surface area (Å²) < 4.78 is 32.4. The molecule has 2 amide bonds. The second kappa shape index (κ2) is 9.60. The van der Waals surface area contributed by atoms with Gasteiger partial charge in [0.05, 0.1) is 12.3 Å². The van der Waals surface area contributed by atoms with Crippen LogP contribution in [0.2, 0.25) is 0 Å². The Morgan fingerprint density at radius 3 is 2.76 bits per heavy atom. The minimum atomic E-state index is -2.79. The predicted molar refractivity (Wildman–Crippen MR) is 106 cm³/mol. The number of hydrogen-bond acceptors (Lipinski definition) is 5. The number of alkyl halides is 2. The Bertz CT molecular complexity index is 742. The Morgan fingerprint density at radius 1 is 1.41 bits per heavy atom. The van der Waals surface area contributed by atoms with Gasteiger partial charge in [0, 0.05) is 30.9 Å². The molecule has 1 saturated carbocycles. The van der Waals surface area contributed by atoms with Gasteiger partial charge in [0.1, 0.15) is 12.6 Å². The molecule has 1 aliphatic heterocycles. The summed E-state index contributed by atoms with van der Waals surface area (Å²) in [7, 11) is 0. The number of nitrogens with two attached hydrogens (primary N) is 1. The van der Waals surface area contributed by atoms with Gasteiger partial charge < -0.3 is 20.7 Å². The smallest absolute Gasteiger partial charge is 0.265 e. The van der Waals surface area contributed by atoms with Crippen LogP contribution in [0.15, 0.2) is 18.2 Å². The third-order valence-corrected chi connectivity index (χ3v) is 5.37. The van der Waals surface area contributed by atoms with Crippen LogP contribution < -0.4 is 16.0 Å². The first kappa shape index (κ1) is 21.6. The monoisotopic (exact) mass is 410 g/mol. The van der Waals surface area contributed by atoms with E-state index in [0.29, 0.717) is 19.1 Å². The Labute approximate surface area is 169 Å². The summed E-state index contributed by atoms with van der Waals surface area (Å²) in [4.78, 5) is 28.1. The molecule has 2 aliphatic rings. The molecule has 1 aromatic rings. The molecule has 0 spiro atoms. The minimum absolute atomic E-state index is 0.132. The van der Waals surface area contributed by atoms with Crippen LogP contribution in [0.4, 0.5) is 20.2 Å². The van der Waals surface area contributed by atoms with Gasteiger partial charge >= 0.3 is 0 Å². The number of morpholine rings is 1. The summed E-state index contributed by atoms with van der Waals surface area (Å²) in [5.41, 5.74) is 5.94. The number of benzene rings is 1. The molecule has 160 valence electrons. The Balaban J connectivity index is 1.76. The Morgan fingerprint density at radius 2 is 2.17 bits per heavy atom. The first-order chi connectivity index (χ1) is 13.9. The van der Waals surface area contributed by atoms with Crippen molar-refractivity contribution in [1.29, 1.82) is 0 Å². The number of likely N-dealkylation sites (N-methyl/N-ethyl adjacent to an activating group) is 1.